The highest BCUT2D eigenvalue weighted by atomic mass is 19.2. The molecule has 3 aromatic carbocycles. The molecule has 0 bridgehead atoms. The van der Waals surface area contributed by atoms with Crippen LogP contribution in [-0.4, -0.2) is 0 Å². The molecule has 0 saturated carbocycles. The summed E-state index contributed by atoms with van der Waals surface area (Å²) in [7, 11) is 0. The van der Waals surface area contributed by atoms with Crippen molar-refractivity contribution in [3.63, 3.8) is 0 Å². The van der Waals surface area contributed by atoms with Crippen LogP contribution in [0.25, 0.3) is 27.8 Å². The lowest BCUT2D eigenvalue weighted by atomic mass is 9.83. The Morgan fingerprint density at radius 2 is 1.49 bits per heavy atom. The highest BCUT2D eigenvalue weighted by Crippen LogP contribution is 2.35. The van der Waals surface area contributed by atoms with Crippen molar-refractivity contribution in [1.29, 1.82) is 0 Å². The molecule has 3 aromatic rings. The van der Waals surface area contributed by atoms with E-state index in [9.17, 15) is 8.78 Å². The third-order valence-electron chi connectivity index (χ3n) is 7.48. The third kappa shape index (κ3) is 6.63. The molecule has 0 aromatic heterocycles. The van der Waals surface area contributed by atoms with Gasteiger partial charge in [-0.25, -0.2) is 13.2 Å². The number of benzene rings is 3. The van der Waals surface area contributed by atoms with E-state index >= 15 is 4.39 Å². The van der Waals surface area contributed by atoms with E-state index in [1.807, 2.05) is 31.2 Å². The average Bonchev–Trinajstić information content (AvgIpc) is 2.92. The van der Waals surface area contributed by atoms with Crippen molar-refractivity contribution in [2.24, 2.45) is 5.92 Å². The number of unbranched alkanes of at least 4 members (excludes halogenated alkanes) is 2. The Kier molecular flexibility index (Phi) is 9.44. The fraction of sp³-hybridized carbons (Fsp3) is 0.353. The first kappa shape index (κ1) is 27.0. The van der Waals surface area contributed by atoms with E-state index in [-0.39, 0.29) is 11.4 Å². The molecule has 0 spiro atoms. The molecule has 1 atom stereocenters. The fourth-order valence-electron chi connectivity index (χ4n) is 5.22. The number of rotatable bonds is 10. The minimum Gasteiger partial charge on any atom is -0.206 e. The van der Waals surface area contributed by atoms with Crippen LogP contribution in [0.2, 0.25) is 0 Å². The lowest BCUT2D eigenvalue weighted by Gasteiger charge is -2.22. The lowest BCUT2D eigenvalue weighted by Crippen LogP contribution is -2.05. The summed E-state index contributed by atoms with van der Waals surface area (Å²) in [4.78, 5) is 0. The smallest absolute Gasteiger partial charge is 0.166 e. The van der Waals surface area contributed by atoms with Crippen LogP contribution in [-0.2, 0) is 6.42 Å². The molecule has 1 aliphatic rings. The maximum Gasteiger partial charge on any atom is 0.166 e. The molecule has 0 N–H and O–H groups in total. The predicted octanol–water partition coefficient (Wildman–Crippen LogP) is 10.7. The van der Waals surface area contributed by atoms with Gasteiger partial charge in [-0.15, -0.1) is 0 Å². The normalized spacial score (nSPS) is 15.8. The topological polar surface area (TPSA) is 0 Å². The quantitative estimate of drug-likeness (QED) is 0.191. The molecule has 0 fully saturated rings. The standard InChI is InChI=1S/C34H37F3/c1-3-5-7-9-24-11-13-25(14-12-24)29-20-21-30(32(35)23-29)26-15-17-27(18-16-26)31-22-19-28(10-8-6-4-2)33(36)34(31)37/h6,8,13,15-24H,3-5,7,9-12,14H2,1-2H3. The summed E-state index contributed by atoms with van der Waals surface area (Å²) in [6.45, 7) is 4.23. The molecule has 194 valence electrons. The van der Waals surface area contributed by atoms with Gasteiger partial charge in [-0.3, -0.25) is 0 Å². The van der Waals surface area contributed by atoms with E-state index < -0.39 is 11.6 Å². The second-order valence-electron chi connectivity index (χ2n) is 10.1. The second-order valence-corrected chi connectivity index (χ2v) is 10.1. The monoisotopic (exact) mass is 502 g/mol. The molecule has 0 radical (unpaired) electrons. The van der Waals surface area contributed by atoms with Crippen LogP contribution < -0.4 is 0 Å². The predicted molar refractivity (Wildman–Crippen MR) is 150 cm³/mol. The third-order valence-corrected chi connectivity index (χ3v) is 7.48. The Morgan fingerprint density at radius 3 is 2.14 bits per heavy atom. The van der Waals surface area contributed by atoms with E-state index in [1.54, 1.807) is 42.5 Å². The zero-order chi connectivity index (χ0) is 26.2. The Morgan fingerprint density at radius 1 is 0.784 bits per heavy atom. The van der Waals surface area contributed by atoms with E-state index in [2.05, 4.69) is 13.0 Å². The van der Waals surface area contributed by atoms with Gasteiger partial charge in [-0.1, -0.05) is 106 Å². The van der Waals surface area contributed by atoms with E-state index in [0.717, 1.165) is 30.7 Å². The second kappa shape index (κ2) is 12.9. The van der Waals surface area contributed by atoms with Crippen LogP contribution in [0.3, 0.4) is 0 Å². The summed E-state index contributed by atoms with van der Waals surface area (Å²) in [5.41, 5.74) is 4.52. The highest BCUT2D eigenvalue weighted by molar-refractivity contribution is 5.74. The molecule has 0 amide bonds. The van der Waals surface area contributed by atoms with Crippen molar-refractivity contribution in [2.75, 3.05) is 0 Å². The van der Waals surface area contributed by atoms with Crippen LogP contribution >= 0.6 is 0 Å². The maximum atomic E-state index is 15.1. The zero-order valence-electron chi connectivity index (χ0n) is 22.0. The summed E-state index contributed by atoms with van der Waals surface area (Å²) in [5, 5.41) is 0. The summed E-state index contributed by atoms with van der Waals surface area (Å²) in [5.74, 6) is -1.17. The molecule has 1 unspecified atom stereocenters. The number of allylic oxidation sites excluding steroid dienone is 4. The number of hydrogen-bond donors (Lipinski definition) is 0. The lowest BCUT2D eigenvalue weighted by molar-refractivity contribution is 0.428. The molecular formula is C34H37F3. The average molecular weight is 503 g/mol. The SMILES string of the molecule is CCC=CCc1ccc(-c2ccc(-c3ccc(C4=CCC(CCCCC)CC4)cc3F)cc2)c(F)c1F. The summed E-state index contributed by atoms with van der Waals surface area (Å²) in [6.07, 6.45) is 15.7. The molecule has 37 heavy (non-hydrogen) atoms. The van der Waals surface area contributed by atoms with Crippen molar-refractivity contribution in [3.8, 4) is 22.3 Å². The summed E-state index contributed by atoms with van der Waals surface area (Å²) < 4.78 is 44.5. The molecule has 0 heterocycles. The van der Waals surface area contributed by atoms with Crippen LogP contribution in [0.5, 0.6) is 0 Å². The fourth-order valence-corrected chi connectivity index (χ4v) is 5.22. The maximum absolute atomic E-state index is 15.1. The van der Waals surface area contributed by atoms with Gasteiger partial charge in [0.15, 0.2) is 11.6 Å². The Balaban J connectivity index is 1.47. The van der Waals surface area contributed by atoms with Gasteiger partial charge in [0.05, 0.1) is 0 Å². The van der Waals surface area contributed by atoms with Crippen LogP contribution in [0, 0.1) is 23.4 Å². The van der Waals surface area contributed by atoms with Crippen LogP contribution in [0.15, 0.2) is 72.8 Å². The van der Waals surface area contributed by atoms with Gasteiger partial charge >= 0.3 is 0 Å². The summed E-state index contributed by atoms with van der Waals surface area (Å²) >= 11 is 0. The van der Waals surface area contributed by atoms with Gasteiger partial charge in [0, 0.05) is 11.1 Å². The largest absolute Gasteiger partial charge is 0.206 e. The number of halogens is 3. The van der Waals surface area contributed by atoms with Gasteiger partial charge in [0.1, 0.15) is 5.82 Å². The minimum absolute atomic E-state index is 0.209. The molecular weight excluding hydrogens is 465 g/mol. The Hall–Kier alpha value is -3.07. The van der Waals surface area contributed by atoms with E-state index in [4.69, 9.17) is 0 Å². The first-order valence-corrected chi connectivity index (χ1v) is 13.7. The van der Waals surface area contributed by atoms with Crippen LogP contribution in [0.4, 0.5) is 13.2 Å². The van der Waals surface area contributed by atoms with Gasteiger partial charge in [0.2, 0.25) is 0 Å². The van der Waals surface area contributed by atoms with E-state index in [1.165, 1.54) is 37.7 Å². The minimum atomic E-state index is -0.848. The van der Waals surface area contributed by atoms with Crippen molar-refractivity contribution in [3.05, 3.63) is 101 Å². The molecule has 1 aliphatic carbocycles. The first-order valence-electron chi connectivity index (χ1n) is 13.7. The summed E-state index contributed by atoms with van der Waals surface area (Å²) in [6, 6.07) is 15.7. The van der Waals surface area contributed by atoms with Crippen molar-refractivity contribution < 1.29 is 13.2 Å². The molecule has 0 saturated heterocycles. The van der Waals surface area contributed by atoms with Gasteiger partial charge in [0.25, 0.3) is 0 Å². The first-order chi connectivity index (χ1) is 18.0. The molecule has 0 nitrogen and oxygen atoms in total. The highest BCUT2D eigenvalue weighted by Gasteiger charge is 2.17. The van der Waals surface area contributed by atoms with Crippen LogP contribution in [0.1, 0.15) is 76.3 Å². The molecule has 3 heteroatoms. The van der Waals surface area contributed by atoms with Gasteiger partial charge in [-0.05, 0) is 71.9 Å². The van der Waals surface area contributed by atoms with Crippen molar-refractivity contribution in [2.45, 2.75) is 71.6 Å². The Bertz CT molecular complexity index is 1250. The Labute approximate surface area is 219 Å². The van der Waals surface area contributed by atoms with Gasteiger partial charge in [-0.2, -0.15) is 0 Å². The zero-order valence-corrected chi connectivity index (χ0v) is 22.0. The van der Waals surface area contributed by atoms with Crippen molar-refractivity contribution >= 4 is 5.57 Å². The van der Waals surface area contributed by atoms with E-state index in [0.29, 0.717) is 28.7 Å². The van der Waals surface area contributed by atoms with Crippen molar-refractivity contribution in [1.82, 2.24) is 0 Å². The van der Waals surface area contributed by atoms with Gasteiger partial charge < -0.3 is 0 Å². The number of hydrogen-bond acceptors (Lipinski definition) is 0. The molecule has 4 rings (SSSR count). The molecule has 0 aliphatic heterocycles.